The SMILES string of the molecule is CCOC(=O)/C(Cl)=C(\Cl)C(=O)O. The van der Waals surface area contributed by atoms with E-state index in [-0.39, 0.29) is 6.61 Å². The third kappa shape index (κ3) is 3.11. The minimum atomic E-state index is -1.46. The maximum Gasteiger partial charge on any atom is 0.351 e. The number of carbonyl (C=O) groups excluding carboxylic acids is 1. The molecule has 6 heteroatoms. The van der Waals surface area contributed by atoms with Crippen LogP contribution in [0.1, 0.15) is 6.92 Å². The van der Waals surface area contributed by atoms with Crippen molar-refractivity contribution in [3.8, 4) is 0 Å². The molecule has 0 amide bonds. The van der Waals surface area contributed by atoms with E-state index < -0.39 is 22.0 Å². The summed E-state index contributed by atoms with van der Waals surface area (Å²) >= 11 is 10.4. The Kier molecular flexibility index (Phi) is 4.70. The van der Waals surface area contributed by atoms with E-state index in [4.69, 9.17) is 28.3 Å². The number of aliphatic carboxylic acids is 1. The molecule has 0 aliphatic heterocycles. The maximum atomic E-state index is 10.7. The van der Waals surface area contributed by atoms with Gasteiger partial charge in [-0.25, -0.2) is 9.59 Å². The molecule has 0 saturated carbocycles. The van der Waals surface area contributed by atoms with Crippen LogP contribution in [0.15, 0.2) is 10.1 Å². The summed E-state index contributed by atoms with van der Waals surface area (Å²) in [4.78, 5) is 20.9. The predicted molar refractivity (Wildman–Crippen MR) is 43.0 cm³/mol. The standard InChI is InChI=1S/C6H6Cl2O4/c1-2-12-6(11)4(8)3(7)5(9)10/h2H2,1H3,(H,9,10)/b4-3+. The Labute approximate surface area is 78.7 Å². The number of carboxylic acids is 1. The van der Waals surface area contributed by atoms with Gasteiger partial charge < -0.3 is 9.84 Å². The zero-order valence-corrected chi connectivity index (χ0v) is 7.65. The van der Waals surface area contributed by atoms with Gasteiger partial charge in [-0.2, -0.15) is 0 Å². The molecule has 1 N–H and O–H groups in total. The van der Waals surface area contributed by atoms with Crippen molar-refractivity contribution in [2.45, 2.75) is 6.92 Å². The second-order valence-electron chi connectivity index (χ2n) is 1.65. The van der Waals surface area contributed by atoms with Crippen LogP contribution in [0.4, 0.5) is 0 Å². The van der Waals surface area contributed by atoms with E-state index in [9.17, 15) is 9.59 Å². The van der Waals surface area contributed by atoms with E-state index in [0.29, 0.717) is 0 Å². The first-order chi connectivity index (χ1) is 5.50. The summed E-state index contributed by atoms with van der Waals surface area (Å²) in [6, 6.07) is 0. The Morgan fingerprint density at radius 2 is 1.83 bits per heavy atom. The van der Waals surface area contributed by atoms with Crippen LogP contribution in [-0.4, -0.2) is 23.7 Å². The molecule has 4 nitrogen and oxygen atoms in total. The Bertz CT molecular complexity index is 234. The van der Waals surface area contributed by atoms with E-state index in [1.165, 1.54) is 0 Å². The second-order valence-corrected chi connectivity index (χ2v) is 2.41. The molecule has 0 bridgehead atoms. The Morgan fingerprint density at radius 3 is 2.17 bits per heavy atom. The molecular formula is C6H6Cl2O4. The van der Waals surface area contributed by atoms with Crippen LogP contribution in [0.5, 0.6) is 0 Å². The molecule has 12 heavy (non-hydrogen) atoms. The van der Waals surface area contributed by atoms with E-state index in [1.54, 1.807) is 6.92 Å². The van der Waals surface area contributed by atoms with Crippen LogP contribution in [0.3, 0.4) is 0 Å². The van der Waals surface area contributed by atoms with Gasteiger partial charge in [-0.1, -0.05) is 23.2 Å². The fourth-order valence-electron chi connectivity index (χ4n) is 0.378. The molecule has 0 heterocycles. The lowest BCUT2D eigenvalue weighted by molar-refractivity contribution is -0.138. The Hall–Kier alpha value is -0.740. The average Bonchev–Trinajstić information content (AvgIpc) is 2.02. The van der Waals surface area contributed by atoms with E-state index in [1.807, 2.05) is 0 Å². The molecule has 0 spiro atoms. The fourth-order valence-corrected chi connectivity index (χ4v) is 0.590. The molecule has 0 aliphatic rings. The number of carboxylic acid groups (broad SMARTS) is 1. The zero-order chi connectivity index (χ0) is 9.72. The highest BCUT2D eigenvalue weighted by atomic mass is 35.5. The first-order valence-corrected chi connectivity index (χ1v) is 3.72. The van der Waals surface area contributed by atoms with Crippen molar-refractivity contribution < 1.29 is 19.4 Å². The van der Waals surface area contributed by atoms with Crippen molar-refractivity contribution in [1.29, 1.82) is 0 Å². The number of ether oxygens (including phenoxy) is 1. The van der Waals surface area contributed by atoms with Crippen LogP contribution in [0.25, 0.3) is 0 Å². The van der Waals surface area contributed by atoms with Crippen molar-refractivity contribution in [3.05, 3.63) is 10.1 Å². The van der Waals surface area contributed by atoms with Gasteiger partial charge in [-0.3, -0.25) is 0 Å². The lowest BCUT2D eigenvalue weighted by Crippen LogP contribution is -2.08. The quantitative estimate of drug-likeness (QED) is 0.567. The highest BCUT2D eigenvalue weighted by Crippen LogP contribution is 2.15. The van der Waals surface area contributed by atoms with Gasteiger partial charge in [0.25, 0.3) is 0 Å². The van der Waals surface area contributed by atoms with E-state index in [0.717, 1.165) is 0 Å². The smallest absolute Gasteiger partial charge is 0.351 e. The first-order valence-electron chi connectivity index (χ1n) is 2.96. The minimum absolute atomic E-state index is 0.110. The largest absolute Gasteiger partial charge is 0.477 e. The lowest BCUT2D eigenvalue weighted by Gasteiger charge is -1.99. The van der Waals surface area contributed by atoms with Gasteiger partial charge >= 0.3 is 11.9 Å². The van der Waals surface area contributed by atoms with Gasteiger partial charge in [0.2, 0.25) is 0 Å². The summed E-state index contributed by atoms with van der Waals surface area (Å²) in [7, 11) is 0. The number of hydrogen-bond donors (Lipinski definition) is 1. The Balaban J connectivity index is 4.55. The minimum Gasteiger partial charge on any atom is -0.477 e. The van der Waals surface area contributed by atoms with Gasteiger partial charge in [0, 0.05) is 0 Å². The highest BCUT2D eigenvalue weighted by Gasteiger charge is 2.17. The third-order valence-electron chi connectivity index (χ3n) is 0.835. The van der Waals surface area contributed by atoms with Gasteiger partial charge in [-0.15, -0.1) is 0 Å². The number of hydrogen-bond acceptors (Lipinski definition) is 3. The number of esters is 1. The summed E-state index contributed by atoms with van der Waals surface area (Å²) in [6.45, 7) is 1.68. The number of halogens is 2. The third-order valence-corrected chi connectivity index (χ3v) is 1.63. The maximum absolute atomic E-state index is 10.7. The normalized spacial score (nSPS) is 11.9. The fraction of sp³-hybridized carbons (Fsp3) is 0.333. The summed E-state index contributed by atoms with van der Waals surface area (Å²) in [5.41, 5.74) is 0. The van der Waals surface area contributed by atoms with Gasteiger partial charge in [0.1, 0.15) is 0 Å². The average molecular weight is 213 g/mol. The molecule has 0 atom stereocenters. The van der Waals surface area contributed by atoms with Crippen molar-refractivity contribution in [1.82, 2.24) is 0 Å². The lowest BCUT2D eigenvalue weighted by atomic mass is 10.5. The molecule has 0 saturated heterocycles. The van der Waals surface area contributed by atoms with Crippen molar-refractivity contribution in [2.75, 3.05) is 6.61 Å². The van der Waals surface area contributed by atoms with E-state index in [2.05, 4.69) is 4.74 Å². The summed E-state index contributed by atoms with van der Waals surface area (Å²) < 4.78 is 4.40. The number of carbonyl (C=O) groups is 2. The molecule has 0 fully saturated rings. The van der Waals surface area contributed by atoms with Gasteiger partial charge in [-0.05, 0) is 6.92 Å². The van der Waals surface area contributed by atoms with Crippen LogP contribution in [0, 0.1) is 0 Å². The Morgan fingerprint density at radius 1 is 1.33 bits per heavy atom. The molecule has 68 valence electrons. The van der Waals surface area contributed by atoms with Crippen LogP contribution < -0.4 is 0 Å². The van der Waals surface area contributed by atoms with Gasteiger partial charge in [0.15, 0.2) is 10.1 Å². The summed E-state index contributed by atoms with van der Waals surface area (Å²) in [5.74, 6) is -2.40. The van der Waals surface area contributed by atoms with Crippen LogP contribution in [-0.2, 0) is 14.3 Å². The molecule has 0 unspecified atom stereocenters. The summed E-state index contributed by atoms with van der Waals surface area (Å²) in [5, 5.41) is 6.93. The topological polar surface area (TPSA) is 63.6 Å². The van der Waals surface area contributed by atoms with Crippen molar-refractivity contribution in [2.24, 2.45) is 0 Å². The molecule has 0 rings (SSSR count). The molecule has 0 aromatic carbocycles. The number of rotatable bonds is 3. The first kappa shape index (κ1) is 11.3. The van der Waals surface area contributed by atoms with Crippen LogP contribution in [0.2, 0.25) is 0 Å². The zero-order valence-electron chi connectivity index (χ0n) is 6.13. The second kappa shape index (κ2) is 5.00. The molecular weight excluding hydrogens is 207 g/mol. The predicted octanol–water partition coefficient (Wildman–Crippen LogP) is 1.32. The molecule has 0 aromatic heterocycles. The molecule has 0 aliphatic carbocycles. The molecule has 0 radical (unpaired) electrons. The van der Waals surface area contributed by atoms with Crippen molar-refractivity contribution >= 4 is 35.1 Å². The van der Waals surface area contributed by atoms with Gasteiger partial charge in [0.05, 0.1) is 6.61 Å². The molecule has 0 aromatic rings. The monoisotopic (exact) mass is 212 g/mol. The van der Waals surface area contributed by atoms with Crippen LogP contribution >= 0.6 is 23.2 Å². The summed E-state index contributed by atoms with van der Waals surface area (Å²) in [6.07, 6.45) is 0. The highest BCUT2D eigenvalue weighted by molar-refractivity contribution is 6.52. The van der Waals surface area contributed by atoms with E-state index >= 15 is 0 Å². The van der Waals surface area contributed by atoms with Crippen molar-refractivity contribution in [3.63, 3.8) is 0 Å².